The minimum absolute atomic E-state index is 0.182. The van der Waals surface area contributed by atoms with E-state index in [2.05, 4.69) is 10.6 Å². The number of benzene rings is 1. The molecule has 0 aliphatic carbocycles. The van der Waals surface area contributed by atoms with Gasteiger partial charge in [-0.1, -0.05) is 12.5 Å². The summed E-state index contributed by atoms with van der Waals surface area (Å²) < 4.78 is 0. The van der Waals surface area contributed by atoms with E-state index in [9.17, 15) is 10.1 Å². The van der Waals surface area contributed by atoms with E-state index in [0.29, 0.717) is 11.6 Å². The molecule has 1 aliphatic rings. The van der Waals surface area contributed by atoms with E-state index in [4.69, 9.17) is 0 Å². The maximum absolute atomic E-state index is 10.9. The van der Waals surface area contributed by atoms with Crippen molar-refractivity contribution in [1.29, 1.82) is 0 Å². The Bertz CT molecular complexity index is 426. The molecular weight excluding hydrogens is 230 g/mol. The molecule has 0 radical (unpaired) electrons. The number of aryl methyl sites for hydroxylation is 1. The first kappa shape index (κ1) is 12.8. The van der Waals surface area contributed by atoms with Gasteiger partial charge in [0.05, 0.1) is 4.92 Å². The van der Waals surface area contributed by atoms with Crippen molar-refractivity contribution in [1.82, 2.24) is 5.32 Å². The predicted molar refractivity (Wildman–Crippen MR) is 72.0 cm³/mol. The van der Waals surface area contributed by atoms with Gasteiger partial charge < -0.3 is 10.6 Å². The van der Waals surface area contributed by atoms with Gasteiger partial charge in [0.1, 0.15) is 0 Å². The Morgan fingerprint density at radius 1 is 1.44 bits per heavy atom. The van der Waals surface area contributed by atoms with E-state index < -0.39 is 0 Å². The number of nitro groups is 1. The summed E-state index contributed by atoms with van der Waals surface area (Å²) in [5, 5.41) is 17.6. The molecule has 2 N–H and O–H groups in total. The highest BCUT2D eigenvalue weighted by Gasteiger charge is 2.14. The molecule has 2 rings (SSSR count). The first-order valence-electron chi connectivity index (χ1n) is 6.39. The topological polar surface area (TPSA) is 67.2 Å². The summed E-state index contributed by atoms with van der Waals surface area (Å²) in [4.78, 5) is 10.6. The molecule has 1 aliphatic heterocycles. The van der Waals surface area contributed by atoms with Crippen LogP contribution in [0, 0.1) is 17.0 Å². The molecule has 18 heavy (non-hydrogen) atoms. The van der Waals surface area contributed by atoms with Crippen molar-refractivity contribution < 1.29 is 4.92 Å². The van der Waals surface area contributed by atoms with Gasteiger partial charge in [-0.15, -0.1) is 0 Å². The van der Waals surface area contributed by atoms with Crippen LogP contribution in [0.5, 0.6) is 0 Å². The molecule has 5 nitrogen and oxygen atoms in total. The van der Waals surface area contributed by atoms with E-state index in [1.54, 1.807) is 19.1 Å². The summed E-state index contributed by atoms with van der Waals surface area (Å²) in [5.74, 6) is 0. The standard InChI is InChI=1S/C13H19N3O2/c1-10-5-6-11(8-13(10)16(17)18)15-12-4-2-3-7-14-9-12/h5-6,8,12,14-15H,2-4,7,9H2,1H3. The maximum atomic E-state index is 10.9. The number of anilines is 1. The highest BCUT2D eigenvalue weighted by atomic mass is 16.6. The van der Waals surface area contributed by atoms with Gasteiger partial charge in [0, 0.05) is 29.9 Å². The van der Waals surface area contributed by atoms with Gasteiger partial charge in [-0.3, -0.25) is 10.1 Å². The number of hydrogen-bond donors (Lipinski definition) is 2. The fourth-order valence-electron chi connectivity index (χ4n) is 2.27. The van der Waals surface area contributed by atoms with E-state index in [1.807, 2.05) is 6.07 Å². The van der Waals surface area contributed by atoms with E-state index in [0.717, 1.165) is 25.2 Å². The van der Waals surface area contributed by atoms with Crippen molar-refractivity contribution in [3.63, 3.8) is 0 Å². The van der Waals surface area contributed by atoms with Gasteiger partial charge in [0.2, 0.25) is 0 Å². The SMILES string of the molecule is Cc1ccc(NC2CCCCNC2)cc1[N+](=O)[O-]. The third kappa shape index (κ3) is 3.20. The van der Waals surface area contributed by atoms with Crippen LogP contribution in [-0.2, 0) is 0 Å². The summed E-state index contributed by atoms with van der Waals surface area (Å²) in [5.41, 5.74) is 1.71. The second kappa shape index (κ2) is 5.82. The fourth-order valence-corrected chi connectivity index (χ4v) is 2.27. The second-order valence-corrected chi connectivity index (χ2v) is 4.80. The summed E-state index contributed by atoms with van der Waals surface area (Å²) in [6.45, 7) is 3.74. The first-order valence-corrected chi connectivity index (χ1v) is 6.39. The molecule has 1 aromatic rings. The molecule has 1 unspecified atom stereocenters. The number of nitrogens with zero attached hydrogens (tertiary/aromatic N) is 1. The van der Waals surface area contributed by atoms with Crippen LogP contribution in [0.25, 0.3) is 0 Å². The molecule has 1 fully saturated rings. The van der Waals surface area contributed by atoms with Crippen molar-refractivity contribution in [2.24, 2.45) is 0 Å². The molecule has 5 heteroatoms. The van der Waals surface area contributed by atoms with Crippen LogP contribution in [-0.4, -0.2) is 24.1 Å². The molecule has 1 atom stereocenters. The predicted octanol–water partition coefficient (Wildman–Crippen LogP) is 2.46. The maximum Gasteiger partial charge on any atom is 0.274 e. The molecule has 1 heterocycles. The number of rotatable bonds is 3. The second-order valence-electron chi connectivity index (χ2n) is 4.80. The van der Waals surface area contributed by atoms with Crippen molar-refractivity contribution in [3.05, 3.63) is 33.9 Å². The average molecular weight is 249 g/mol. The number of nitrogens with one attached hydrogen (secondary N) is 2. The van der Waals surface area contributed by atoms with E-state index >= 15 is 0 Å². The summed E-state index contributed by atoms with van der Waals surface area (Å²) in [6, 6.07) is 5.69. The lowest BCUT2D eigenvalue weighted by atomic mass is 10.1. The Labute approximate surface area is 107 Å². The van der Waals surface area contributed by atoms with Gasteiger partial charge in [0.25, 0.3) is 5.69 Å². The third-order valence-corrected chi connectivity index (χ3v) is 3.32. The zero-order valence-electron chi connectivity index (χ0n) is 10.6. The van der Waals surface area contributed by atoms with Crippen LogP contribution < -0.4 is 10.6 Å². The van der Waals surface area contributed by atoms with Crippen LogP contribution in [0.3, 0.4) is 0 Å². The molecule has 0 amide bonds. The number of nitro benzene ring substituents is 1. The normalized spacial score (nSPS) is 20.2. The Morgan fingerprint density at radius 2 is 2.28 bits per heavy atom. The molecule has 1 saturated heterocycles. The van der Waals surface area contributed by atoms with Crippen molar-refractivity contribution in [2.45, 2.75) is 32.2 Å². The summed E-state index contributed by atoms with van der Waals surface area (Å²) in [6.07, 6.45) is 3.50. The Hall–Kier alpha value is -1.62. The van der Waals surface area contributed by atoms with Gasteiger partial charge in [-0.2, -0.15) is 0 Å². The minimum atomic E-state index is -0.328. The average Bonchev–Trinajstić information content (AvgIpc) is 2.60. The highest BCUT2D eigenvalue weighted by Crippen LogP contribution is 2.23. The van der Waals surface area contributed by atoms with Crippen molar-refractivity contribution >= 4 is 11.4 Å². The van der Waals surface area contributed by atoms with Crippen molar-refractivity contribution in [3.8, 4) is 0 Å². The summed E-state index contributed by atoms with van der Waals surface area (Å²) >= 11 is 0. The molecule has 0 spiro atoms. The molecule has 0 bridgehead atoms. The third-order valence-electron chi connectivity index (χ3n) is 3.32. The molecule has 0 saturated carbocycles. The van der Waals surface area contributed by atoms with Crippen LogP contribution in [0.4, 0.5) is 11.4 Å². The highest BCUT2D eigenvalue weighted by molar-refractivity contribution is 5.55. The minimum Gasteiger partial charge on any atom is -0.381 e. The zero-order valence-corrected chi connectivity index (χ0v) is 10.6. The van der Waals surface area contributed by atoms with Crippen LogP contribution in [0.1, 0.15) is 24.8 Å². The molecule has 1 aromatic carbocycles. The largest absolute Gasteiger partial charge is 0.381 e. The molecular formula is C13H19N3O2. The Kier molecular flexibility index (Phi) is 4.15. The van der Waals surface area contributed by atoms with Crippen LogP contribution in [0.2, 0.25) is 0 Å². The van der Waals surface area contributed by atoms with Gasteiger partial charge >= 0.3 is 0 Å². The Morgan fingerprint density at radius 3 is 3.06 bits per heavy atom. The lowest BCUT2D eigenvalue weighted by Gasteiger charge is -2.17. The lowest BCUT2D eigenvalue weighted by Crippen LogP contribution is -2.30. The van der Waals surface area contributed by atoms with Crippen LogP contribution >= 0.6 is 0 Å². The van der Waals surface area contributed by atoms with Crippen molar-refractivity contribution in [2.75, 3.05) is 18.4 Å². The molecule has 98 valence electrons. The van der Waals surface area contributed by atoms with Crippen LogP contribution in [0.15, 0.2) is 18.2 Å². The van der Waals surface area contributed by atoms with Gasteiger partial charge in [-0.05, 0) is 32.4 Å². The molecule has 0 aromatic heterocycles. The Balaban J connectivity index is 2.08. The van der Waals surface area contributed by atoms with E-state index in [1.165, 1.54) is 12.8 Å². The first-order chi connectivity index (χ1) is 8.66. The number of hydrogen-bond acceptors (Lipinski definition) is 4. The lowest BCUT2D eigenvalue weighted by molar-refractivity contribution is -0.385. The fraction of sp³-hybridized carbons (Fsp3) is 0.538. The quantitative estimate of drug-likeness (QED) is 0.638. The van der Waals surface area contributed by atoms with E-state index in [-0.39, 0.29) is 10.6 Å². The monoisotopic (exact) mass is 249 g/mol. The zero-order chi connectivity index (χ0) is 13.0. The summed E-state index contributed by atoms with van der Waals surface area (Å²) in [7, 11) is 0. The smallest absolute Gasteiger partial charge is 0.274 e. The van der Waals surface area contributed by atoms with Gasteiger partial charge in [0.15, 0.2) is 0 Å². The van der Waals surface area contributed by atoms with Gasteiger partial charge in [-0.25, -0.2) is 0 Å².